The number of carboxylic acids is 2. The van der Waals surface area contributed by atoms with Crippen molar-refractivity contribution in [2.24, 2.45) is 11.5 Å². The lowest BCUT2D eigenvalue weighted by molar-refractivity contribution is -0.140. The smallest absolute Gasteiger partial charge is 0.320 e. The van der Waals surface area contributed by atoms with Gasteiger partial charge in [-0.2, -0.15) is 0 Å². The first-order valence-corrected chi connectivity index (χ1v) is 19.6. The molecule has 1 fully saturated rings. The molecule has 0 spiro atoms. The van der Waals surface area contributed by atoms with E-state index >= 15 is 0 Å². The quantitative estimate of drug-likeness (QED) is 0.0939. The molecule has 0 aromatic heterocycles. The molecule has 52 heavy (non-hydrogen) atoms. The summed E-state index contributed by atoms with van der Waals surface area (Å²) in [6, 6.07) is -4.91. The zero-order chi connectivity index (χ0) is 38.7. The van der Waals surface area contributed by atoms with Crippen molar-refractivity contribution in [3.8, 4) is 0 Å². The van der Waals surface area contributed by atoms with Crippen LogP contribution in [-0.2, 0) is 38.4 Å². The molecule has 0 aromatic rings. The van der Waals surface area contributed by atoms with Crippen molar-refractivity contribution in [2.45, 2.75) is 75.5 Å². The van der Waals surface area contributed by atoms with Crippen LogP contribution in [0, 0.1) is 0 Å². The van der Waals surface area contributed by atoms with E-state index in [0.29, 0.717) is 39.0 Å². The molecule has 0 aliphatic carbocycles. The predicted molar refractivity (Wildman–Crippen MR) is 195 cm³/mol. The van der Waals surface area contributed by atoms with Crippen molar-refractivity contribution in [1.82, 2.24) is 42.5 Å². The topological polar surface area (TPSA) is 325 Å². The molecule has 6 amide bonds. The molecule has 22 heteroatoms. The molecule has 1 rings (SSSR count). The minimum absolute atomic E-state index is 0.0620. The Morgan fingerprint density at radius 3 is 1.35 bits per heavy atom. The van der Waals surface area contributed by atoms with Gasteiger partial charge in [0.2, 0.25) is 35.4 Å². The van der Waals surface area contributed by atoms with E-state index in [1.165, 1.54) is 0 Å². The summed E-state index contributed by atoms with van der Waals surface area (Å²) in [7, 11) is 2.12. The molecule has 296 valence electrons. The molecule has 1 heterocycles. The van der Waals surface area contributed by atoms with Crippen LogP contribution in [0.3, 0.4) is 0 Å². The van der Waals surface area contributed by atoms with Gasteiger partial charge < -0.3 is 64.2 Å². The van der Waals surface area contributed by atoms with Crippen LogP contribution in [0.2, 0.25) is 0 Å². The zero-order valence-corrected chi connectivity index (χ0v) is 30.8. The number of carboxylic acid groups (broad SMARTS) is 2. The number of aliphatic carboxylic acids is 2. The third kappa shape index (κ3) is 23.0. The van der Waals surface area contributed by atoms with Crippen molar-refractivity contribution in [1.29, 1.82) is 0 Å². The molecule has 20 nitrogen and oxygen atoms in total. The van der Waals surface area contributed by atoms with E-state index in [2.05, 4.69) is 42.5 Å². The van der Waals surface area contributed by atoms with Crippen LogP contribution >= 0.6 is 21.6 Å². The van der Waals surface area contributed by atoms with E-state index in [1.54, 1.807) is 0 Å². The number of carbonyl (C=O) groups excluding carboxylic acids is 6. The van der Waals surface area contributed by atoms with Crippen molar-refractivity contribution < 1.29 is 48.6 Å². The van der Waals surface area contributed by atoms with E-state index in [0.717, 1.165) is 47.5 Å². The first kappa shape index (κ1) is 46.3. The van der Waals surface area contributed by atoms with Crippen LogP contribution in [0.4, 0.5) is 0 Å². The van der Waals surface area contributed by atoms with Gasteiger partial charge in [0.25, 0.3) is 0 Å². The molecule has 0 saturated carbocycles. The SMILES string of the molecule is N[C@@H](CCC(=O)NC1CSSC[C@H](NC(=O)CC[C@H](N)C(=O)O)C(=O)NCC(=O)NCCCNCCCCNCCCNC(=O)CNC1=O)C(=O)O. The lowest BCUT2D eigenvalue weighted by Crippen LogP contribution is -2.51. The molecule has 1 unspecified atom stereocenters. The Bertz CT molecular complexity index is 1100. The van der Waals surface area contributed by atoms with Crippen molar-refractivity contribution >= 4 is 69.0 Å². The molecule has 1 aliphatic heterocycles. The monoisotopic (exact) mass is 778 g/mol. The van der Waals surface area contributed by atoms with Gasteiger partial charge in [-0.15, -0.1) is 0 Å². The van der Waals surface area contributed by atoms with Gasteiger partial charge in [0, 0.05) is 37.4 Å². The summed E-state index contributed by atoms with van der Waals surface area (Å²) in [4.78, 5) is 98.0. The van der Waals surface area contributed by atoms with E-state index in [9.17, 15) is 38.4 Å². The van der Waals surface area contributed by atoms with Crippen LogP contribution < -0.4 is 54.0 Å². The summed E-state index contributed by atoms with van der Waals surface area (Å²) in [5, 5.41) is 40.0. The number of hydrogen-bond acceptors (Lipinski definition) is 14. The maximum absolute atomic E-state index is 13.0. The summed E-state index contributed by atoms with van der Waals surface area (Å²) in [6.45, 7) is 3.05. The van der Waals surface area contributed by atoms with Gasteiger partial charge in [0.05, 0.1) is 13.1 Å². The number of nitrogens with one attached hydrogen (secondary N) is 8. The minimum Gasteiger partial charge on any atom is -0.480 e. The molecular formula is C30H54N10O10S2. The van der Waals surface area contributed by atoms with E-state index in [-0.39, 0.29) is 50.3 Å². The Morgan fingerprint density at radius 2 is 0.981 bits per heavy atom. The second kappa shape index (κ2) is 27.9. The van der Waals surface area contributed by atoms with Gasteiger partial charge in [-0.3, -0.25) is 38.4 Å². The fourth-order valence-electron chi connectivity index (χ4n) is 4.29. The fraction of sp³-hybridized carbons (Fsp3) is 0.733. The maximum Gasteiger partial charge on any atom is 0.320 e. The third-order valence-electron chi connectivity index (χ3n) is 7.36. The summed E-state index contributed by atoms with van der Waals surface area (Å²) in [6.07, 6.45) is 2.30. The highest BCUT2D eigenvalue weighted by Gasteiger charge is 2.25. The summed E-state index contributed by atoms with van der Waals surface area (Å²) in [5.41, 5.74) is 11.0. The van der Waals surface area contributed by atoms with Gasteiger partial charge in [-0.1, -0.05) is 21.6 Å². The first-order chi connectivity index (χ1) is 24.8. The highest BCUT2D eigenvalue weighted by atomic mass is 33.1. The Labute approximate surface area is 310 Å². The molecule has 1 saturated heterocycles. The average molecular weight is 779 g/mol. The molecule has 0 radical (unpaired) electrons. The van der Waals surface area contributed by atoms with Crippen LogP contribution in [0.1, 0.15) is 51.4 Å². The van der Waals surface area contributed by atoms with Gasteiger partial charge in [0.15, 0.2) is 0 Å². The van der Waals surface area contributed by atoms with Gasteiger partial charge in [0.1, 0.15) is 24.2 Å². The largest absolute Gasteiger partial charge is 0.480 e. The number of rotatable bonds is 10. The second-order valence-corrected chi connectivity index (χ2v) is 14.4. The summed E-state index contributed by atoms with van der Waals surface area (Å²) < 4.78 is 0. The molecule has 1 aliphatic rings. The molecule has 4 atom stereocenters. The summed E-state index contributed by atoms with van der Waals surface area (Å²) in [5.74, 6) is -6.24. The molecular weight excluding hydrogens is 725 g/mol. The number of hydrogen-bond donors (Lipinski definition) is 12. The Balaban J connectivity index is 2.98. The summed E-state index contributed by atoms with van der Waals surface area (Å²) >= 11 is 0. The highest BCUT2D eigenvalue weighted by Crippen LogP contribution is 2.23. The first-order valence-electron chi connectivity index (χ1n) is 17.1. The van der Waals surface area contributed by atoms with Gasteiger partial charge in [-0.05, 0) is 64.7 Å². The van der Waals surface area contributed by atoms with E-state index < -0.39 is 71.5 Å². The van der Waals surface area contributed by atoms with Crippen molar-refractivity contribution in [3.63, 3.8) is 0 Å². The molecule has 0 bridgehead atoms. The van der Waals surface area contributed by atoms with E-state index in [1.807, 2.05) is 0 Å². The molecule has 0 aromatic carbocycles. The number of carbonyl (C=O) groups is 8. The van der Waals surface area contributed by atoms with E-state index in [4.69, 9.17) is 21.7 Å². The predicted octanol–water partition coefficient (Wildman–Crippen LogP) is -4.06. The van der Waals surface area contributed by atoms with Crippen LogP contribution in [0.15, 0.2) is 0 Å². The lowest BCUT2D eigenvalue weighted by atomic mass is 10.1. The maximum atomic E-state index is 13.0. The standard InChI is InChI=1S/C30H54N10O10S2/c31-19(29(47)48)5-7-23(41)39-21-17-51-52-18-22(40-24(42)8-6-20(32)30(49)50)28(46)38-16-26(44)36-14-4-12-34-10-2-1-9-33-11-3-13-35-25(43)15-37-27(21)45/h19-22,33-34H,1-18,31-32H2,(H,35,43)(H,36,44)(H,37,45)(H,38,46)(H,39,41)(H,40,42)(H,47,48)(H,49,50)/t19-,20-,21-,22?/m0/s1. The Hall–Kier alpha value is -3.70. The number of nitrogens with two attached hydrogens (primary N) is 2. The lowest BCUT2D eigenvalue weighted by Gasteiger charge is -2.20. The Kier molecular flexibility index (Phi) is 24.8. The minimum atomic E-state index is -1.29. The third-order valence-corrected chi connectivity index (χ3v) is 9.79. The van der Waals surface area contributed by atoms with Gasteiger partial charge in [-0.25, -0.2) is 0 Å². The molecule has 14 N–H and O–H groups in total. The average Bonchev–Trinajstić information content (AvgIpc) is 3.10. The van der Waals surface area contributed by atoms with Crippen LogP contribution in [0.5, 0.6) is 0 Å². The van der Waals surface area contributed by atoms with Crippen molar-refractivity contribution in [3.05, 3.63) is 0 Å². The Morgan fingerprint density at radius 1 is 0.615 bits per heavy atom. The van der Waals surface area contributed by atoms with Crippen LogP contribution in [-0.4, -0.2) is 146 Å². The normalized spacial score (nSPS) is 21.7. The fourth-order valence-corrected chi connectivity index (χ4v) is 6.62. The second-order valence-electron chi connectivity index (χ2n) is 11.8. The van der Waals surface area contributed by atoms with Gasteiger partial charge >= 0.3 is 11.9 Å². The van der Waals surface area contributed by atoms with Crippen LogP contribution in [0.25, 0.3) is 0 Å². The highest BCUT2D eigenvalue weighted by molar-refractivity contribution is 8.76. The van der Waals surface area contributed by atoms with Crippen molar-refractivity contribution in [2.75, 3.05) is 63.9 Å². The number of amides is 6. The zero-order valence-electron chi connectivity index (χ0n) is 29.2.